The molecular weight excluding hydrogens is 358 g/mol. The van der Waals surface area contributed by atoms with Gasteiger partial charge in [0.25, 0.3) is 5.95 Å². The Labute approximate surface area is 126 Å². The Balaban J connectivity index is 0.00000147. The normalized spacial score (nSPS) is 13.2. The van der Waals surface area contributed by atoms with Gasteiger partial charge in [-0.05, 0) is 39.3 Å². The van der Waals surface area contributed by atoms with Crippen LogP contribution in [0.2, 0.25) is 0 Å². The molecular formula is C10H7BrClFN4O3. The lowest BCUT2D eigenvalue weighted by Gasteiger charge is -2.12. The third-order valence-electron chi connectivity index (χ3n) is 2.39. The second-order valence-corrected chi connectivity index (χ2v) is 4.40. The third-order valence-corrected chi connectivity index (χ3v) is 3.00. The second kappa shape index (κ2) is 5.65. The number of hydrazine groups is 1. The van der Waals surface area contributed by atoms with E-state index in [-0.39, 0.29) is 22.8 Å². The van der Waals surface area contributed by atoms with E-state index in [1.165, 1.54) is 35.7 Å². The lowest BCUT2D eigenvalue weighted by molar-refractivity contribution is 0.157. The summed E-state index contributed by atoms with van der Waals surface area (Å²) in [5.41, 5.74) is 2.88. The van der Waals surface area contributed by atoms with Crippen molar-refractivity contribution in [2.75, 3.05) is 5.01 Å². The maximum atomic E-state index is 13.2. The molecule has 10 heteroatoms. The van der Waals surface area contributed by atoms with Crippen molar-refractivity contribution in [1.82, 2.24) is 15.3 Å². The maximum absolute atomic E-state index is 13.2. The number of nitrogens with zero attached hydrogens (tertiary/aromatic N) is 3. The molecule has 0 radical (unpaired) electrons. The summed E-state index contributed by atoms with van der Waals surface area (Å²) in [6, 6.07) is 4.10. The molecule has 0 amide bonds. The molecule has 0 saturated carbocycles. The average molecular weight is 366 g/mol. The Morgan fingerprint density at radius 1 is 1.40 bits per heavy atom. The number of nitrogens with one attached hydrogen (secondary N) is 1. The predicted octanol–water partition coefficient (Wildman–Crippen LogP) is 1.88. The van der Waals surface area contributed by atoms with Crippen molar-refractivity contribution >= 4 is 34.3 Å². The fourth-order valence-electron chi connectivity index (χ4n) is 1.56. The molecule has 1 aliphatic rings. The first-order valence-corrected chi connectivity index (χ1v) is 5.87. The van der Waals surface area contributed by atoms with Crippen LogP contribution in [0, 0.1) is 5.82 Å². The van der Waals surface area contributed by atoms with Crippen molar-refractivity contribution in [2.45, 2.75) is 0 Å². The van der Waals surface area contributed by atoms with Crippen LogP contribution in [0.3, 0.4) is 0 Å². The summed E-state index contributed by atoms with van der Waals surface area (Å²) in [6.45, 7) is 0. The van der Waals surface area contributed by atoms with Gasteiger partial charge in [-0.15, -0.1) is 12.4 Å². The SMILES string of the molecule is Cl.O=c1onc(N2C=CON2)n1-c1ccc(F)c(Br)c1. The van der Waals surface area contributed by atoms with Crippen molar-refractivity contribution in [3.8, 4) is 5.69 Å². The zero-order valence-corrected chi connectivity index (χ0v) is 12.0. The molecule has 0 aliphatic carbocycles. The van der Waals surface area contributed by atoms with Gasteiger partial charge in [-0.2, -0.15) is 0 Å². The molecule has 20 heavy (non-hydrogen) atoms. The minimum absolute atomic E-state index is 0. The molecule has 1 N–H and O–H groups in total. The van der Waals surface area contributed by atoms with E-state index in [9.17, 15) is 9.18 Å². The van der Waals surface area contributed by atoms with E-state index >= 15 is 0 Å². The molecule has 2 heterocycles. The first-order valence-electron chi connectivity index (χ1n) is 5.08. The summed E-state index contributed by atoms with van der Waals surface area (Å²) in [4.78, 5) is 16.5. The van der Waals surface area contributed by atoms with E-state index in [4.69, 9.17) is 4.84 Å². The Morgan fingerprint density at radius 3 is 2.85 bits per heavy atom. The van der Waals surface area contributed by atoms with E-state index in [1.54, 1.807) is 0 Å². The summed E-state index contributed by atoms with van der Waals surface area (Å²) in [5.74, 6) is -0.981. The lowest BCUT2D eigenvalue weighted by Crippen LogP contribution is -2.31. The molecule has 2 aromatic rings. The number of benzene rings is 1. The van der Waals surface area contributed by atoms with E-state index < -0.39 is 11.6 Å². The van der Waals surface area contributed by atoms with E-state index in [0.717, 1.165) is 4.57 Å². The predicted molar refractivity (Wildman–Crippen MR) is 72.8 cm³/mol. The van der Waals surface area contributed by atoms with Crippen molar-refractivity contribution in [3.63, 3.8) is 0 Å². The van der Waals surface area contributed by atoms with Crippen LogP contribution >= 0.6 is 28.3 Å². The highest BCUT2D eigenvalue weighted by molar-refractivity contribution is 9.10. The van der Waals surface area contributed by atoms with Crippen LogP contribution in [0.4, 0.5) is 10.3 Å². The average Bonchev–Trinajstić information content (AvgIpc) is 3.01. The van der Waals surface area contributed by atoms with Gasteiger partial charge in [0.05, 0.1) is 16.4 Å². The molecule has 1 aromatic carbocycles. The van der Waals surface area contributed by atoms with Gasteiger partial charge in [0.2, 0.25) is 0 Å². The van der Waals surface area contributed by atoms with Gasteiger partial charge in [-0.1, -0.05) is 5.59 Å². The van der Waals surface area contributed by atoms with Gasteiger partial charge in [-0.25, -0.2) is 18.8 Å². The van der Waals surface area contributed by atoms with Crippen molar-refractivity contribution in [3.05, 3.63) is 51.5 Å². The minimum Gasteiger partial charge on any atom is -0.395 e. The van der Waals surface area contributed by atoms with Crippen molar-refractivity contribution in [1.29, 1.82) is 0 Å². The standard InChI is InChI=1S/C10H6BrFN4O3.ClH/c11-7-5-6(1-2-8(7)12)16-9(13-19-10(16)17)15-3-4-18-14-15;/h1-5,14H;1H. The van der Waals surface area contributed by atoms with Crippen LogP contribution in [0.1, 0.15) is 0 Å². The van der Waals surface area contributed by atoms with E-state index in [1.807, 2.05) is 0 Å². The third kappa shape index (κ3) is 2.42. The number of hydrogen-bond donors (Lipinski definition) is 1. The van der Waals surface area contributed by atoms with Crippen LogP contribution in [0.25, 0.3) is 5.69 Å². The zero-order chi connectivity index (χ0) is 13.4. The van der Waals surface area contributed by atoms with Gasteiger partial charge in [0.1, 0.15) is 12.1 Å². The topological polar surface area (TPSA) is 72.5 Å². The molecule has 1 aromatic heterocycles. The summed E-state index contributed by atoms with van der Waals surface area (Å²) < 4.78 is 19.2. The highest BCUT2D eigenvalue weighted by atomic mass is 79.9. The van der Waals surface area contributed by atoms with Gasteiger partial charge in [0.15, 0.2) is 0 Å². The van der Waals surface area contributed by atoms with E-state index in [0.29, 0.717) is 5.69 Å². The molecule has 0 bridgehead atoms. The number of hydrogen-bond acceptors (Lipinski definition) is 6. The fraction of sp³-hybridized carbons (Fsp3) is 0. The molecule has 0 saturated heterocycles. The summed E-state index contributed by atoms with van der Waals surface area (Å²) in [6.07, 6.45) is 2.87. The molecule has 0 unspecified atom stereocenters. The zero-order valence-electron chi connectivity index (χ0n) is 9.62. The number of anilines is 1. The summed E-state index contributed by atoms with van der Waals surface area (Å²) in [7, 11) is 0. The molecule has 1 aliphatic heterocycles. The highest BCUT2D eigenvalue weighted by Gasteiger charge is 2.20. The van der Waals surface area contributed by atoms with Gasteiger partial charge < -0.3 is 4.84 Å². The number of rotatable bonds is 2. The number of aromatic nitrogens is 2. The molecule has 0 spiro atoms. The van der Waals surface area contributed by atoms with E-state index in [2.05, 4.69) is 31.2 Å². The van der Waals surface area contributed by atoms with Crippen molar-refractivity contribution in [2.24, 2.45) is 0 Å². The smallest absolute Gasteiger partial charge is 0.395 e. The summed E-state index contributed by atoms with van der Waals surface area (Å²) >= 11 is 3.05. The fourth-order valence-corrected chi connectivity index (χ4v) is 1.92. The van der Waals surface area contributed by atoms with Crippen LogP contribution in [0.5, 0.6) is 0 Å². The maximum Gasteiger partial charge on any atom is 0.447 e. The Hall–Kier alpha value is -1.84. The summed E-state index contributed by atoms with van der Waals surface area (Å²) in [5, 5.41) is 4.96. The first kappa shape index (κ1) is 14.6. The Kier molecular flexibility index (Phi) is 4.12. The molecule has 106 valence electrons. The first-order chi connectivity index (χ1) is 9.16. The molecule has 7 nitrogen and oxygen atoms in total. The van der Waals surface area contributed by atoms with Crippen LogP contribution in [0.15, 0.2) is 44.5 Å². The van der Waals surface area contributed by atoms with Gasteiger partial charge in [-0.3, -0.25) is 4.52 Å². The Bertz CT molecular complexity index is 717. The highest BCUT2D eigenvalue weighted by Crippen LogP contribution is 2.22. The molecule has 0 fully saturated rings. The molecule has 0 atom stereocenters. The van der Waals surface area contributed by atoms with Crippen LogP contribution < -0.4 is 16.4 Å². The Morgan fingerprint density at radius 2 is 2.20 bits per heavy atom. The van der Waals surface area contributed by atoms with Gasteiger partial charge in [0, 0.05) is 0 Å². The second-order valence-electron chi connectivity index (χ2n) is 3.55. The number of halogens is 3. The monoisotopic (exact) mass is 364 g/mol. The van der Waals surface area contributed by atoms with Crippen molar-refractivity contribution < 1.29 is 13.8 Å². The lowest BCUT2D eigenvalue weighted by atomic mass is 10.3. The minimum atomic E-state index is -0.699. The quantitative estimate of drug-likeness (QED) is 0.876. The largest absolute Gasteiger partial charge is 0.447 e. The van der Waals surface area contributed by atoms with Gasteiger partial charge >= 0.3 is 5.76 Å². The molecule has 3 rings (SSSR count). The van der Waals surface area contributed by atoms with Crippen LogP contribution in [-0.4, -0.2) is 9.72 Å². The van der Waals surface area contributed by atoms with Crippen LogP contribution in [-0.2, 0) is 4.84 Å².